The van der Waals surface area contributed by atoms with Crippen LogP contribution in [0.4, 0.5) is 0 Å². The van der Waals surface area contributed by atoms with Gasteiger partial charge in [-0.2, -0.15) is 8.42 Å². The van der Waals surface area contributed by atoms with Gasteiger partial charge in [-0.05, 0) is 38.7 Å². The smallest absolute Gasteiger partial charge is 0.294 e. The van der Waals surface area contributed by atoms with E-state index in [-0.39, 0.29) is 4.90 Å². The van der Waals surface area contributed by atoms with Crippen LogP contribution in [0.25, 0.3) is 0 Å². The Labute approximate surface area is 104 Å². The second-order valence-corrected chi connectivity index (χ2v) is 5.12. The summed E-state index contributed by atoms with van der Waals surface area (Å²) in [6.45, 7) is 8.27. The molecule has 1 N–H and O–H groups in total. The van der Waals surface area contributed by atoms with Crippen molar-refractivity contribution in [3.8, 4) is 0 Å². The van der Waals surface area contributed by atoms with Crippen molar-refractivity contribution in [2.75, 3.05) is 20.1 Å². The Bertz CT molecular complexity index is 425. The molecule has 0 unspecified atom stereocenters. The van der Waals surface area contributed by atoms with Gasteiger partial charge in [0.25, 0.3) is 10.1 Å². The maximum absolute atomic E-state index is 10.6. The van der Waals surface area contributed by atoms with E-state index in [1.807, 2.05) is 0 Å². The number of hydrogen-bond donors (Lipinski definition) is 1. The number of benzene rings is 1. The highest BCUT2D eigenvalue weighted by Gasteiger charge is 2.10. The van der Waals surface area contributed by atoms with Crippen LogP contribution in [0, 0.1) is 6.92 Å². The predicted molar refractivity (Wildman–Crippen MR) is 69.8 cm³/mol. The average molecular weight is 259 g/mol. The van der Waals surface area contributed by atoms with Gasteiger partial charge in [-0.15, -0.1) is 0 Å². The van der Waals surface area contributed by atoms with E-state index in [0.29, 0.717) is 5.56 Å². The lowest BCUT2D eigenvalue weighted by Gasteiger charge is -2.07. The van der Waals surface area contributed by atoms with Gasteiger partial charge in [0.2, 0.25) is 0 Å². The topological polar surface area (TPSA) is 57.6 Å². The van der Waals surface area contributed by atoms with Crippen molar-refractivity contribution in [1.82, 2.24) is 4.90 Å². The Balaban J connectivity index is 0.000000366. The molecule has 0 saturated carbocycles. The van der Waals surface area contributed by atoms with Crippen LogP contribution < -0.4 is 0 Å². The zero-order valence-corrected chi connectivity index (χ0v) is 11.7. The summed E-state index contributed by atoms with van der Waals surface area (Å²) in [5.74, 6) is 0. The van der Waals surface area contributed by atoms with E-state index in [1.54, 1.807) is 25.1 Å². The van der Waals surface area contributed by atoms with E-state index >= 15 is 0 Å². The van der Waals surface area contributed by atoms with Gasteiger partial charge in [-0.25, -0.2) is 0 Å². The van der Waals surface area contributed by atoms with Crippen LogP contribution in [0.15, 0.2) is 29.2 Å². The Hall–Kier alpha value is -0.910. The van der Waals surface area contributed by atoms with Crippen LogP contribution in [0.3, 0.4) is 0 Å². The first-order chi connectivity index (χ1) is 7.82. The summed E-state index contributed by atoms with van der Waals surface area (Å²) >= 11 is 0. The van der Waals surface area contributed by atoms with Crippen LogP contribution in [0.5, 0.6) is 0 Å². The Morgan fingerprint density at radius 1 is 1.18 bits per heavy atom. The molecule has 4 nitrogen and oxygen atoms in total. The number of rotatable bonds is 3. The number of aryl methyl sites for hydroxylation is 1. The monoisotopic (exact) mass is 259 g/mol. The third-order valence-corrected chi connectivity index (χ3v) is 3.47. The highest BCUT2D eigenvalue weighted by molar-refractivity contribution is 7.85. The minimum atomic E-state index is -4.03. The molecule has 0 aliphatic rings. The molecule has 0 spiro atoms. The molecule has 0 fully saturated rings. The molecule has 1 aromatic carbocycles. The molecule has 0 saturated heterocycles. The third kappa shape index (κ3) is 6.41. The molecule has 0 aliphatic carbocycles. The van der Waals surface area contributed by atoms with Gasteiger partial charge in [0.1, 0.15) is 0 Å². The van der Waals surface area contributed by atoms with Gasteiger partial charge in [0.05, 0.1) is 4.90 Å². The van der Waals surface area contributed by atoms with Gasteiger partial charge < -0.3 is 4.90 Å². The van der Waals surface area contributed by atoms with E-state index in [0.717, 1.165) is 13.1 Å². The summed E-state index contributed by atoms with van der Waals surface area (Å²) in [6, 6.07) is 6.27. The molecule has 0 radical (unpaired) electrons. The van der Waals surface area contributed by atoms with Crippen LogP contribution in [-0.2, 0) is 10.1 Å². The molecule has 1 rings (SSSR count). The lowest BCUT2D eigenvalue weighted by molar-refractivity contribution is 0.373. The van der Waals surface area contributed by atoms with Crippen molar-refractivity contribution in [3.63, 3.8) is 0 Å². The zero-order chi connectivity index (χ0) is 13.5. The lowest BCUT2D eigenvalue weighted by atomic mass is 10.2. The minimum absolute atomic E-state index is 0.0278. The fourth-order valence-corrected chi connectivity index (χ4v) is 1.79. The summed E-state index contributed by atoms with van der Waals surface area (Å²) in [6.07, 6.45) is 0. The summed E-state index contributed by atoms with van der Waals surface area (Å²) in [5.41, 5.74) is 0.551. The summed E-state index contributed by atoms with van der Waals surface area (Å²) in [5, 5.41) is 0. The average Bonchev–Trinajstić information content (AvgIpc) is 2.28. The first-order valence-electron chi connectivity index (χ1n) is 5.54. The maximum atomic E-state index is 10.6. The second-order valence-electron chi connectivity index (χ2n) is 3.73. The lowest BCUT2D eigenvalue weighted by Crippen LogP contribution is -2.15. The van der Waals surface area contributed by atoms with Crippen molar-refractivity contribution in [2.24, 2.45) is 0 Å². The first-order valence-corrected chi connectivity index (χ1v) is 6.98. The Morgan fingerprint density at radius 2 is 1.65 bits per heavy atom. The van der Waals surface area contributed by atoms with Crippen LogP contribution in [-0.4, -0.2) is 38.0 Å². The van der Waals surface area contributed by atoms with E-state index < -0.39 is 10.1 Å². The fraction of sp³-hybridized carbons (Fsp3) is 0.500. The molecule has 0 amide bonds. The van der Waals surface area contributed by atoms with Gasteiger partial charge >= 0.3 is 0 Å². The molecule has 0 heterocycles. The molecule has 1 aromatic rings. The van der Waals surface area contributed by atoms with Crippen molar-refractivity contribution in [2.45, 2.75) is 25.7 Å². The van der Waals surface area contributed by atoms with E-state index in [4.69, 9.17) is 4.55 Å². The van der Waals surface area contributed by atoms with Crippen molar-refractivity contribution in [3.05, 3.63) is 29.8 Å². The van der Waals surface area contributed by atoms with Gasteiger partial charge in [0, 0.05) is 0 Å². The number of hydrogen-bond acceptors (Lipinski definition) is 3. The summed E-state index contributed by atoms with van der Waals surface area (Å²) in [7, 11) is -1.92. The van der Waals surface area contributed by atoms with E-state index in [2.05, 4.69) is 25.8 Å². The first kappa shape index (κ1) is 16.1. The van der Waals surface area contributed by atoms with Gasteiger partial charge in [-0.1, -0.05) is 32.0 Å². The van der Waals surface area contributed by atoms with Gasteiger partial charge in [0.15, 0.2) is 0 Å². The second kappa shape index (κ2) is 7.42. The highest BCUT2D eigenvalue weighted by atomic mass is 32.2. The maximum Gasteiger partial charge on any atom is 0.294 e. The minimum Gasteiger partial charge on any atom is -0.307 e. The normalized spacial score (nSPS) is 10.9. The summed E-state index contributed by atoms with van der Waals surface area (Å²) < 4.78 is 29.9. The molecule has 0 aliphatic heterocycles. The van der Waals surface area contributed by atoms with Crippen LogP contribution in [0.1, 0.15) is 19.4 Å². The molecule has 98 valence electrons. The Morgan fingerprint density at radius 3 is 1.88 bits per heavy atom. The molecule has 0 atom stereocenters. The molecule has 0 aromatic heterocycles. The van der Waals surface area contributed by atoms with Crippen LogP contribution in [0.2, 0.25) is 0 Å². The SMILES string of the molecule is CCN(C)CC.Cc1ccccc1S(=O)(=O)O. The molecule has 5 heteroatoms. The standard InChI is InChI=1S/C7H8O3S.C5H13N/c1-6-4-2-3-5-7(6)11(8,9)10;1-4-6(3)5-2/h2-5H,1H3,(H,8,9,10);4-5H2,1-3H3. The van der Waals surface area contributed by atoms with Crippen molar-refractivity contribution >= 4 is 10.1 Å². The highest BCUT2D eigenvalue weighted by Crippen LogP contribution is 2.12. The molecule has 17 heavy (non-hydrogen) atoms. The Kier molecular flexibility index (Phi) is 7.03. The van der Waals surface area contributed by atoms with Gasteiger partial charge in [-0.3, -0.25) is 4.55 Å². The molecule has 0 bridgehead atoms. The fourth-order valence-electron chi connectivity index (χ4n) is 1.07. The molecular formula is C12H21NO3S. The van der Waals surface area contributed by atoms with E-state index in [9.17, 15) is 8.42 Å². The summed E-state index contributed by atoms with van der Waals surface area (Å²) in [4.78, 5) is 2.22. The quantitative estimate of drug-likeness (QED) is 0.845. The predicted octanol–water partition coefficient (Wildman–Crippen LogP) is 2.20. The van der Waals surface area contributed by atoms with Crippen LogP contribution >= 0.6 is 0 Å². The molecular weight excluding hydrogens is 238 g/mol. The van der Waals surface area contributed by atoms with Crippen molar-refractivity contribution in [1.29, 1.82) is 0 Å². The third-order valence-electron chi connectivity index (χ3n) is 2.45. The van der Waals surface area contributed by atoms with E-state index in [1.165, 1.54) is 6.07 Å². The zero-order valence-electron chi connectivity index (χ0n) is 10.8. The number of nitrogens with zero attached hydrogens (tertiary/aromatic N) is 1. The largest absolute Gasteiger partial charge is 0.307 e. The van der Waals surface area contributed by atoms with Crippen molar-refractivity contribution < 1.29 is 13.0 Å².